The van der Waals surface area contributed by atoms with Gasteiger partial charge in [0.2, 0.25) is 0 Å². The van der Waals surface area contributed by atoms with Gasteiger partial charge < -0.3 is 40.9 Å². The minimum absolute atomic E-state index is 0. The van der Waals surface area contributed by atoms with E-state index in [0.29, 0.717) is 0 Å². The van der Waals surface area contributed by atoms with Gasteiger partial charge in [-0.2, -0.15) is 0 Å². The first-order chi connectivity index (χ1) is 30.4. The van der Waals surface area contributed by atoms with Gasteiger partial charge in [0.1, 0.15) is 0 Å². The van der Waals surface area contributed by atoms with Crippen molar-refractivity contribution < 1.29 is 96.0 Å². The van der Waals surface area contributed by atoms with Crippen molar-refractivity contribution in [2.24, 2.45) is 94.7 Å². The predicted octanol–water partition coefficient (Wildman–Crippen LogP) is -2.91. The van der Waals surface area contributed by atoms with Crippen LogP contribution in [-0.2, 0) is 55.1 Å². The molecule has 4 aliphatic carbocycles. The molecule has 4 saturated carbocycles. The molecule has 25 heteroatoms. The van der Waals surface area contributed by atoms with Gasteiger partial charge in [-0.1, -0.05) is 25.7 Å². The third kappa shape index (κ3) is 7.67. The van der Waals surface area contributed by atoms with Crippen molar-refractivity contribution in [3.8, 4) is 0 Å². The Kier molecular flexibility index (Phi) is 13.0. The summed E-state index contributed by atoms with van der Waals surface area (Å²) in [6, 6.07) is 0. The molecule has 24 atom stereocenters. The van der Waals surface area contributed by atoms with Gasteiger partial charge in [0.05, 0.1) is 96.7 Å². The van der Waals surface area contributed by atoms with Crippen LogP contribution < -0.4 is 42.5 Å². The fourth-order valence-corrected chi connectivity index (χ4v) is 14.9. The van der Waals surface area contributed by atoms with E-state index in [1.165, 1.54) is 0 Å². The number of rotatable bonds is 8. The fourth-order valence-electron chi connectivity index (χ4n) is 14.9. The van der Waals surface area contributed by atoms with Gasteiger partial charge in [0.25, 0.3) is 0 Å². The third-order valence-corrected chi connectivity index (χ3v) is 17.0. The summed E-state index contributed by atoms with van der Waals surface area (Å²) >= 11 is 0. The molecule has 5 heterocycles. The van der Waals surface area contributed by atoms with E-state index >= 15 is 0 Å². The average molecular weight is 964 g/mol. The molecule has 0 aromatic rings. The van der Waals surface area contributed by atoms with Crippen molar-refractivity contribution in [3.63, 3.8) is 0 Å². The summed E-state index contributed by atoms with van der Waals surface area (Å²) in [7, 11) is 0. The van der Waals surface area contributed by atoms with E-state index in [1.54, 1.807) is 0 Å². The molecule has 1 radical (unpaired) electrons. The average Bonchev–Trinajstić information content (AvgIpc) is 3.97. The first kappa shape index (κ1) is 47.4. The first-order valence-electron chi connectivity index (χ1n) is 22.3. The number of hydrogen-bond donors (Lipinski definition) is 16. The van der Waals surface area contributed by atoms with E-state index in [0.717, 1.165) is 51.4 Å². The molecule has 9 fully saturated rings. The normalized spacial score (nSPS) is 48.5. The maximum absolute atomic E-state index is 13.4. The maximum atomic E-state index is 13.4. The number of aliphatic carboxylic acids is 8. The minimum atomic E-state index is -2.27. The van der Waals surface area contributed by atoms with E-state index in [-0.39, 0.29) is 52.8 Å². The standard InChI is InChI=1S/C40H56N8O16.Co/c49-33(50)17-13-15(19(35(53)54)23(39(61)62)21(17)37(57)58)31-46-29(13)44-27-11-7-3-1-5-9(11)25(42-27)41-26-10-6-2-4-8-12(10)28(43-26)45-30-14-16(32(47-30)48-31)20(36(55)56)24(40(63)64)22(38(59)60)18(14)34(51)52;/h9-32,41-48H,1-8H2,(H,49,50)(H,51,52)(H,53,54)(H,55,56)(H,57,58)(H,59,60)(H,61,62)(H,63,64);. The molecule has 0 aromatic carbocycles. The van der Waals surface area contributed by atoms with Crippen LogP contribution in [0.15, 0.2) is 0 Å². The number of fused-ring (bicyclic) bond motifs is 20. The van der Waals surface area contributed by atoms with E-state index < -0.39 is 156 Å². The Morgan fingerprint density at radius 2 is 0.415 bits per heavy atom. The van der Waals surface area contributed by atoms with E-state index in [9.17, 15) is 79.2 Å². The molecular formula is C40H56CoN8O16. The zero-order chi connectivity index (χ0) is 45.8. The topological polar surface area (TPSA) is 395 Å². The van der Waals surface area contributed by atoms with E-state index in [2.05, 4.69) is 42.5 Å². The number of hydrogen-bond acceptors (Lipinski definition) is 16. The van der Waals surface area contributed by atoms with Crippen LogP contribution in [0.2, 0.25) is 0 Å². The van der Waals surface area contributed by atoms with E-state index in [4.69, 9.17) is 0 Å². The van der Waals surface area contributed by atoms with Crippen molar-refractivity contribution in [3.05, 3.63) is 0 Å². The zero-order valence-electron chi connectivity index (χ0n) is 34.7. The van der Waals surface area contributed by atoms with Gasteiger partial charge in [-0.3, -0.25) is 80.9 Å². The molecule has 65 heavy (non-hydrogen) atoms. The van der Waals surface area contributed by atoms with Gasteiger partial charge >= 0.3 is 47.8 Å². The first-order valence-corrected chi connectivity index (χ1v) is 22.3. The smallest absolute Gasteiger partial charge is 0.308 e. The summed E-state index contributed by atoms with van der Waals surface area (Å²) in [5.74, 6) is -37.2. The van der Waals surface area contributed by atoms with Crippen LogP contribution in [-0.4, -0.2) is 138 Å². The molecule has 8 bridgehead atoms. The Labute approximate surface area is 380 Å². The molecule has 5 aliphatic heterocycles. The van der Waals surface area contributed by atoms with Crippen LogP contribution in [0.3, 0.4) is 0 Å². The molecular weight excluding hydrogens is 907 g/mol. The summed E-state index contributed by atoms with van der Waals surface area (Å²) in [6.07, 6.45) is -0.163. The van der Waals surface area contributed by atoms with Crippen LogP contribution in [0.4, 0.5) is 0 Å². The third-order valence-electron chi connectivity index (χ3n) is 17.0. The number of carboxylic acids is 8. The number of carbonyl (C=O) groups is 8. The summed E-state index contributed by atoms with van der Waals surface area (Å²) in [6.45, 7) is 0. The Hall–Kier alpha value is -4.05. The molecule has 0 aromatic heterocycles. The molecule has 24 unspecified atom stereocenters. The van der Waals surface area contributed by atoms with Crippen molar-refractivity contribution in [1.29, 1.82) is 0 Å². The Bertz CT molecular complexity index is 1850. The molecule has 16 N–H and O–H groups in total. The Morgan fingerprint density at radius 3 is 0.585 bits per heavy atom. The predicted molar refractivity (Wildman–Crippen MR) is 209 cm³/mol. The molecule has 361 valence electrons. The van der Waals surface area contributed by atoms with Crippen LogP contribution in [0.1, 0.15) is 51.4 Å². The largest absolute Gasteiger partial charge is 0.481 e. The van der Waals surface area contributed by atoms with Crippen LogP contribution in [0, 0.1) is 94.7 Å². The summed E-state index contributed by atoms with van der Waals surface area (Å²) < 4.78 is 0. The molecule has 9 aliphatic rings. The Balaban J connectivity index is 0.00000576. The number of carboxylic acid groups (broad SMARTS) is 8. The number of nitrogens with one attached hydrogen (secondary N) is 8. The van der Waals surface area contributed by atoms with Gasteiger partial charge in [-0.05, 0) is 49.4 Å². The monoisotopic (exact) mass is 963 g/mol. The van der Waals surface area contributed by atoms with Crippen LogP contribution in [0.5, 0.6) is 0 Å². The summed E-state index contributed by atoms with van der Waals surface area (Å²) in [4.78, 5) is 106. The second kappa shape index (κ2) is 17.9. The molecule has 24 nitrogen and oxygen atoms in total. The summed E-state index contributed by atoms with van der Waals surface area (Å²) in [5.41, 5.74) is 0. The van der Waals surface area contributed by atoms with Gasteiger partial charge in [0.15, 0.2) is 0 Å². The zero-order valence-corrected chi connectivity index (χ0v) is 35.7. The second-order valence-electron chi connectivity index (χ2n) is 19.6. The van der Waals surface area contributed by atoms with Crippen molar-refractivity contribution in [1.82, 2.24) is 42.5 Å². The summed E-state index contributed by atoms with van der Waals surface area (Å²) in [5, 5.41) is 113. The molecule has 5 saturated heterocycles. The second-order valence-corrected chi connectivity index (χ2v) is 19.6. The van der Waals surface area contributed by atoms with Crippen molar-refractivity contribution in [2.45, 2.75) is 101 Å². The SMILES string of the molecule is O=C(O)C1C(C(=O)O)C(C(=O)O)C2C3NC(NC4NC(NC5NC(NC6NC(N3)C3C(C(=O)O)C(C(=O)O)C(C(=O)O)C(C(=O)O)C63)C3CCCCC53)C3CCCCC43)C2C1C(=O)O.[Co]. The van der Waals surface area contributed by atoms with Gasteiger partial charge in [-0.25, -0.2) is 0 Å². The molecule has 9 rings (SSSR count). The van der Waals surface area contributed by atoms with Gasteiger partial charge in [0, 0.05) is 40.5 Å². The van der Waals surface area contributed by atoms with Crippen molar-refractivity contribution in [2.75, 3.05) is 0 Å². The van der Waals surface area contributed by atoms with Gasteiger partial charge in [-0.15, -0.1) is 0 Å². The molecule has 0 spiro atoms. The Morgan fingerprint density at radius 1 is 0.262 bits per heavy atom. The van der Waals surface area contributed by atoms with Crippen LogP contribution in [0.25, 0.3) is 0 Å². The molecule has 0 amide bonds. The van der Waals surface area contributed by atoms with Crippen LogP contribution >= 0.6 is 0 Å². The quantitative estimate of drug-likeness (QED) is 0.116. The van der Waals surface area contributed by atoms with E-state index in [1.807, 2.05) is 0 Å². The minimum Gasteiger partial charge on any atom is -0.481 e. The fraction of sp³-hybridized carbons (Fsp3) is 0.800. The van der Waals surface area contributed by atoms with Crippen molar-refractivity contribution >= 4 is 47.8 Å². The maximum Gasteiger partial charge on any atom is 0.308 e.